The standard InChI is InChI=1S/C18H21ClFN5/c19-16-4-15(20)2-1-14(16)9-21-17-5-12-3-13(6-17)8-18(7-12,10-17)25-23-11-22-24-25/h1-2,4,11-13,21H,3,5-10H2. The largest absolute Gasteiger partial charge is 0.307 e. The molecule has 4 saturated carbocycles. The first-order chi connectivity index (χ1) is 12.1. The fourth-order valence-electron chi connectivity index (χ4n) is 5.99. The predicted molar refractivity (Wildman–Crippen MR) is 91.5 cm³/mol. The Morgan fingerprint density at radius 1 is 1.24 bits per heavy atom. The van der Waals surface area contributed by atoms with Crippen molar-refractivity contribution in [2.24, 2.45) is 11.8 Å². The number of nitrogens with one attached hydrogen (secondary N) is 1. The third-order valence-electron chi connectivity index (χ3n) is 6.47. The first-order valence-electron chi connectivity index (χ1n) is 8.98. The van der Waals surface area contributed by atoms with E-state index in [1.54, 1.807) is 6.07 Å². The molecule has 4 aliphatic carbocycles. The van der Waals surface area contributed by atoms with Crippen LogP contribution in [0, 0.1) is 17.7 Å². The number of hydrogen-bond acceptors (Lipinski definition) is 4. The fraction of sp³-hybridized carbons (Fsp3) is 0.611. The Morgan fingerprint density at radius 3 is 2.72 bits per heavy atom. The van der Waals surface area contributed by atoms with Crippen molar-refractivity contribution in [3.05, 3.63) is 40.9 Å². The summed E-state index contributed by atoms with van der Waals surface area (Å²) in [6.45, 7) is 0.666. The number of hydrogen-bond donors (Lipinski definition) is 1. The van der Waals surface area contributed by atoms with Gasteiger partial charge in [0.2, 0.25) is 0 Å². The highest BCUT2D eigenvalue weighted by Gasteiger charge is 2.59. The average Bonchev–Trinajstić information content (AvgIpc) is 3.08. The minimum Gasteiger partial charge on any atom is -0.307 e. The zero-order valence-corrected chi connectivity index (χ0v) is 14.7. The number of aromatic nitrogens is 4. The van der Waals surface area contributed by atoms with Crippen LogP contribution < -0.4 is 5.32 Å². The number of halogens is 2. The van der Waals surface area contributed by atoms with E-state index in [1.807, 2.05) is 4.80 Å². The van der Waals surface area contributed by atoms with Gasteiger partial charge in [-0.15, -0.1) is 10.2 Å². The van der Waals surface area contributed by atoms with Crippen LogP contribution in [0.25, 0.3) is 0 Å². The van der Waals surface area contributed by atoms with Gasteiger partial charge >= 0.3 is 0 Å². The Kier molecular flexibility index (Phi) is 3.44. The quantitative estimate of drug-likeness (QED) is 0.907. The van der Waals surface area contributed by atoms with Gasteiger partial charge in [-0.1, -0.05) is 17.7 Å². The van der Waals surface area contributed by atoms with Crippen LogP contribution >= 0.6 is 11.6 Å². The molecule has 6 rings (SSSR count). The zero-order chi connectivity index (χ0) is 17.1. The summed E-state index contributed by atoms with van der Waals surface area (Å²) in [6.07, 6.45) is 8.58. The Hall–Kier alpha value is -1.53. The second-order valence-corrected chi connectivity index (χ2v) is 8.69. The molecule has 2 aromatic rings. The molecule has 1 heterocycles. The third-order valence-corrected chi connectivity index (χ3v) is 6.82. The Morgan fingerprint density at radius 2 is 2.04 bits per heavy atom. The molecule has 4 fully saturated rings. The van der Waals surface area contributed by atoms with E-state index in [1.165, 1.54) is 37.7 Å². The van der Waals surface area contributed by atoms with E-state index in [9.17, 15) is 4.39 Å². The highest BCUT2D eigenvalue weighted by atomic mass is 35.5. The topological polar surface area (TPSA) is 55.6 Å². The van der Waals surface area contributed by atoms with Crippen molar-refractivity contribution in [2.75, 3.05) is 0 Å². The van der Waals surface area contributed by atoms with Crippen molar-refractivity contribution >= 4 is 11.6 Å². The molecule has 1 aromatic carbocycles. The molecule has 0 radical (unpaired) electrons. The molecule has 0 aliphatic heterocycles. The van der Waals surface area contributed by atoms with Gasteiger partial charge in [-0.2, -0.15) is 4.80 Å². The number of nitrogens with zero attached hydrogens (tertiary/aromatic N) is 4. The minimum atomic E-state index is -0.292. The van der Waals surface area contributed by atoms with Crippen molar-refractivity contribution < 1.29 is 4.39 Å². The summed E-state index contributed by atoms with van der Waals surface area (Å²) in [7, 11) is 0. The van der Waals surface area contributed by atoms with E-state index >= 15 is 0 Å². The molecule has 2 atom stereocenters. The molecule has 2 unspecified atom stereocenters. The summed E-state index contributed by atoms with van der Waals surface area (Å²) < 4.78 is 13.3. The molecule has 132 valence electrons. The van der Waals surface area contributed by atoms with Gasteiger partial charge in [-0.25, -0.2) is 4.39 Å². The summed E-state index contributed by atoms with van der Waals surface area (Å²) in [5.41, 5.74) is 1.04. The molecule has 25 heavy (non-hydrogen) atoms. The maximum atomic E-state index is 13.3. The van der Waals surface area contributed by atoms with E-state index in [0.29, 0.717) is 23.4 Å². The maximum absolute atomic E-state index is 13.3. The fourth-order valence-corrected chi connectivity index (χ4v) is 6.22. The minimum absolute atomic E-state index is 0.000173. The van der Waals surface area contributed by atoms with Crippen LogP contribution in [0.4, 0.5) is 4.39 Å². The molecule has 4 bridgehead atoms. The normalized spacial score (nSPS) is 36.1. The van der Waals surface area contributed by atoms with Gasteiger partial charge < -0.3 is 5.32 Å². The lowest BCUT2D eigenvalue weighted by Gasteiger charge is -2.61. The molecule has 4 aliphatic rings. The van der Waals surface area contributed by atoms with E-state index in [2.05, 4.69) is 20.7 Å². The van der Waals surface area contributed by atoms with Gasteiger partial charge in [0.25, 0.3) is 0 Å². The van der Waals surface area contributed by atoms with Gasteiger partial charge in [-0.05, 0) is 73.3 Å². The Bertz CT molecular complexity index is 779. The summed E-state index contributed by atoms with van der Waals surface area (Å²) in [4.78, 5) is 1.87. The molecule has 7 heteroatoms. The van der Waals surface area contributed by atoms with Crippen LogP contribution in [-0.4, -0.2) is 25.7 Å². The molecule has 1 aromatic heterocycles. The van der Waals surface area contributed by atoms with Gasteiger partial charge in [0.15, 0.2) is 6.33 Å². The molecule has 0 amide bonds. The average molecular weight is 362 g/mol. The van der Waals surface area contributed by atoms with Gasteiger partial charge in [0.05, 0.1) is 5.54 Å². The van der Waals surface area contributed by atoms with Gasteiger partial charge in [0.1, 0.15) is 5.82 Å². The van der Waals surface area contributed by atoms with Crippen molar-refractivity contribution in [2.45, 2.75) is 56.1 Å². The first-order valence-corrected chi connectivity index (χ1v) is 9.36. The van der Waals surface area contributed by atoms with Crippen LogP contribution in [-0.2, 0) is 12.1 Å². The smallest absolute Gasteiger partial charge is 0.162 e. The van der Waals surface area contributed by atoms with Crippen LogP contribution in [0.2, 0.25) is 5.02 Å². The number of rotatable bonds is 4. The Balaban J connectivity index is 1.41. The summed E-state index contributed by atoms with van der Waals surface area (Å²) >= 11 is 6.21. The second kappa shape index (κ2) is 5.48. The lowest BCUT2D eigenvalue weighted by molar-refractivity contribution is -0.0853. The zero-order valence-electron chi connectivity index (χ0n) is 14.0. The lowest BCUT2D eigenvalue weighted by Crippen LogP contribution is -2.65. The lowest BCUT2D eigenvalue weighted by atomic mass is 9.50. The molecule has 1 N–H and O–H groups in total. The van der Waals surface area contributed by atoms with Crippen LogP contribution in [0.3, 0.4) is 0 Å². The van der Waals surface area contributed by atoms with Crippen molar-refractivity contribution in [1.29, 1.82) is 0 Å². The van der Waals surface area contributed by atoms with E-state index in [-0.39, 0.29) is 16.9 Å². The van der Waals surface area contributed by atoms with Gasteiger partial charge in [0, 0.05) is 17.1 Å². The van der Waals surface area contributed by atoms with Crippen LogP contribution in [0.1, 0.15) is 44.1 Å². The molecule has 0 spiro atoms. The first kappa shape index (κ1) is 15.7. The summed E-state index contributed by atoms with van der Waals surface area (Å²) in [5.74, 6) is 1.13. The molecule has 5 nitrogen and oxygen atoms in total. The molecular weight excluding hydrogens is 341 g/mol. The number of tetrazole rings is 1. The van der Waals surface area contributed by atoms with E-state index in [0.717, 1.165) is 24.8 Å². The predicted octanol–water partition coefficient (Wildman–Crippen LogP) is 3.30. The Labute approximate surface area is 150 Å². The molecular formula is C18H21ClFN5. The monoisotopic (exact) mass is 361 g/mol. The second-order valence-electron chi connectivity index (χ2n) is 8.28. The highest BCUT2D eigenvalue weighted by Crippen LogP contribution is 2.60. The number of benzene rings is 1. The van der Waals surface area contributed by atoms with Crippen molar-refractivity contribution in [3.8, 4) is 0 Å². The van der Waals surface area contributed by atoms with Gasteiger partial charge in [-0.3, -0.25) is 0 Å². The summed E-state index contributed by atoms with van der Waals surface area (Å²) in [5, 5.41) is 16.9. The summed E-state index contributed by atoms with van der Waals surface area (Å²) in [6, 6.07) is 4.64. The van der Waals surface area contributed by atoms with Crippen LogP contribution in [0.15, 0.2) is 24.5 Å². The molecule has 0 saturated heterocycles. The van der Waals surface area contributed by atoms with Crippen molar-refractivity contribution in [1.82, 2.24) is 25.5 Å². The SMILES string of the molecule is Fc1ccc(CNC23CC4CC(C2)CC(n2ncnn2)(C4)C3)c(Cl)c1. The maximum Gasteiger partial charge on any atom is 0.162 e. The van der Waals surface area contributed by atoms with E-state index in [4.69, 9.17) is 11.6 Å². The van der Waals surface area contributed by atoms with Crippen molar-refractivity contribution in [3.63, 3.8) is 0 Å². The van der Waals surface area contributed by atoms with E-state index < -0.39 is 0 Å². The highest BCUT2D eigenvalue weighted by molar-refractivity contribution is 6.31. The third kappa shape index (κ3) is 2.57. The van der Waals surface area contributed by atoms with Crippen LogP contribution in [0.5, 0.6) is 0 Å².